The Morgan fingerprint density at radius 3 is 2.12 bits per heavy atom. The third-order valence-corrected chi connectivity index (χ3v) is 1.89. The molecule has 0 bridgehead atoms. The quantitative estimate of drug-likeness (QED) is 0.826. The maximum atomic E-state index is 12.3. The number of halogens is 3. The number of benzene rings is 1. The van der Waals surface area contributed by atoms with Crippen LogP contribution in [0.5, 0.6) is 0 Å². The normalized spacial score (nSPS) is 11.4. The lowest BCUT2D eigenvalue weighted by atomic mass is 10.2. The van der Waals surface area contributed by atoms with Crippen LogP contribution in [0.4, 0.5) is 23.7 Å². The third-order valence-electron chi connectivity index (χ3n) is 1.89. The van der Waals surface area contributed by atoms with Crippen molar-refractivity contribution in [2.45, 2.75) is 26.1 Å². The Bertz CT molecular complexity index is 385. The van der Waals surface area contributed by atoms with E-state index in [-0.39, 0.29) is 6.04 Å². The fourth-order valence-electron chi connectivity index (χ4n) is 1.17. The number of carbonyl (C=O) groups is 1. The lowest BCUT2D eigenvalue weighted by Crippen LogP contribution is -2.34. The summed E-state index contributed by atoms with van der Waals surface area (Å²) in [5.41, 5.74) is -0.427. The Morgan fingerprint density at radius 1 is 1.18 bits per heavy atom. The summed E-state index contributed by atoms with van der Waals surface area (Å²) >= 11 is 0. The van der Waals surface area contributed by atoms with Gasteiger partial charge in [0.15, 0.2) is 0 Å². The van der Waals surface area contributed by atoms with E-state index in [0.717, 1.165) is 12.1 Å². The van der Waals surface area contributed by atoms with Gasteiger partial charge >= 0.3 is 12.2 Å². The Labute approximate surface area is 97.0 Å². The highest BCUT2D eigenvalue weighted by molar-refractivity contribution is 5.89. The molecule has 0 atom stereocenters. The van der Waals surface area contributed by atoms with Crippen LogP contribution in [-0.4, -0.2) is 12.1 Å². The lowest BCUT2D eigenvalue weighted by Gasteiger charge is -2.11. The molecule has 1 aromatic rings. The zero-order valence-corrected chi connectivity index (χ0v) is 9.43. The van der Waals surface area contributed by atoms with Crippen molar-refractivity contribution in [1.29, 1.82) is 0 Å². The number of carbonyl (C=O) groups excluding carboxylic acids is 1. The summed E-state index contributed by atoms with van der Waals surface area (Å²) in [7, 11) is 0. The zero-order valence-electron chi connectivity index (χ0n) is 9.43. The number of hydrogen-bond acceptors (Lipinski definition) is 1. The first-order valence-corrected chi connectivity index (χ1v) is 5.04. The van der Waals surface area contributed by atoms with E-state index in [1.165, 1.54) is 12.1 Å². The molecule has 17 heavy (non-hydrogen) atoms. The molecule has 1 rings (SSSR count). The summed E-state index contributed by atoms with van der Waals surface area (Å²) in [6.45, 7) is 3.57. The van der Waals surface area contributed by atoms with Crippen LogP contribution >= 0.6 is 0 Å². The molecule has 0 saturated carbocycles. The van der Waals surface area contributed by atoms with Crippen LogP contribution in [0.2, 0.25) is 0 Å². The number of hydrogen-bond donors (Lipinski definition) is 2. The molecule has 0 aromatic heterocycles. The van der Waals surface area contributed by atoms with Crippen LogP contribution in [0.1, 0.15) is 19.4 Å². The number of amides is 2. The summed E-state index contributed by atoms with van der Waals surface area (Å²) < 4.78 is 36.8. The molecule has 2 amide bonds. The van der Waals surface area contributed by atoms with Gasteiger partial charge in [0.1, 0.15) is 0 Å². The highest BCUT2D eigenvalue weighted by Gasteiger charge is 2.29. The Kier molecular flexibility index (Phi) is 3.98. The molecule has 0 aliphatic carbocycles. The maximum Gasteiger partial charge on any atom is 0.416 e. The van der Waals surface area contributed by atoms with Gasteiger partial charge in [-0.15, -0.1) is 0 Å². The van der Waals surface area contributed by atoms with Gasteiger partial charge in [-0.3, -0.25) is 0 Å². The summed E-state index contributed by atoms with van der Waals surface area (Å²) in [6.07, 6.45) is -4.36. The molecule has 6 heteroatoms. The fraction of sp³-hybridized carbons (Fsp3) is 0.364. The van der Waals surface area contributed by atoms with Crippen molar-refractivity contribution in [3.8, 4) is 0 Å². The van der Waals surface area contributed by atoms with E-state index in [1.807, 2.05) is 0 Å². The topological polar surface area (TPSA) is 41.1 Å². The van der Waals surface area contributed by atoms with Gasteiger partial charge in [-0.05, 0) is 38.1 Å². The maximum absolute atomic E-state index is 12.3. The summed E-state index contributed by atoms with van der Waals surface area (Å²) in [5.74, 6) is 0. The Balaban J connectivity index is 2.66. The molecule has 1 aromatic carbocycles. The van der Waals surface area contributed by atoms with Crippen molar-refractivity contribution < 1.29 is 18.0 Å². The number of anilines is 1. The number of rotatable bonds is 2. The second-order valence-corrected chi connectivity index (χ2v) is 3.83. The minimum Gasteiger partial charge on any atom is -0.336 e. The smallest absolute Gasteiger partial charge is 0.336 e. The summed E-state index contributed by atoms with van der Waals surface area (Å²) in [6, 6.07) is 3.78. The van der Waals surface area contributed by atoms with E-state index >= 15 is 0 Å². The average molecular weight is 246 g/mol. The van der Waals surface area contributed by atoms with Crippen LogP contribution < -0.4 is 10.6 Å². The molecule has 94 valence electrons. The predicted molar refractivity (Wildman–Crippen MR) is 58.7 cm³/mol. The van der Waals surface area contributed by atoms with Gasteiger partial charge in [-0.25, -0.2) is 4.79 Å². The molecule has 3 nitrogen and oxygen atoms in total. The first-order valence-electron chi connectivity index (χ1n) is 5.04. The standard InChI is InChI=1S/C11H13F3N2O/c1-7(2)15-10(17)16-9-5-3-8(4-6-9)11(12,13)14/h3-7H,1-2H3,(H2,15,16,17). The molecule has 2 N–H and O–H groups in total. The molecular weight excluding hydrogens is 233 g/mol. The minimum atomic E-state index is -4.36. The molecule has 0 radical (unpaired) electrons. The van der Waals surface area contributed by atoms with Crippen LogP contribution in [0.3, 0.4) is 0 Å². The van der Waals surface area contributed by atoms with E-state index in [1.54, 1.807) is 13.8 Å². The van der Waals surface area contributed by atoms with Gasteiger partial charge in [-0.2, -0.15) is 13.2 Å². The van der Waals surface area contributed by atoms with Crippen molar-refractivity contribution in [2.75, 3.05) is 5.32 Å². The monoisotopic (exact) mass is 246 g/mol. The van der Waals surface area contributed by atoms with Crippen LogP contribution in [0.15, 0.2) is 24.3 Å². The van der Waals surface area contributed by atoms with Gasteiger partial charge in [-0.1, -0.05) is 0 Å². The van der Waals surface area contributed by atoms with Crippen LogP contribution in [0.25, 0.3) is 0 Å². The van der Waals surface area contributed by atoms with Crippen molar-refractivity contribution in [3.05, 3.63) is 29.8 Å². The molecule has 0 heterocycles. The first kappa shape index (κ1) is 13.3. The van der Waals surface area contributed by atoms with Gasteiger partial charge in [0.25, 0.3) is 0 Å². The number of alkyl halides is 3. The van der Waals surface area contributed by atoms with Gasteiger partial charge in [0, 0.05) is 11.7 Å². The molecule has 0 spiro atoms. The summed E-state index contributed by atoms with van der Waals surface area (Å²) in [4.78, 5) is 11.3. The Hall–Kier alpha value is -1.72. The zero-order chi connectivity index (χ0) is 13.1. The predicted octanol–water partition coefficient (Wildman–Crippen LogP) is 3.24. The van der Waals surface area contributed by atoms with E-state index in [2.05, 4.69) is 10.6 Å². The Morgan fingerprint density at radius 2 is 1.71 bits per heavy atom. The fourth-order valence-corrected chi connectivity index (χ4v) is 1.17. The largest absolute Gasteiger partial charge is 0.416 e. The van der Waals surface area contributed by atoms with Gasteiger partial charge < -0.3 is 10.6 Å². The van der Waals surface area contributed by atoms with E-state index in [4.69, 9.17) is 0 Å². The van der Waals surface area contributed by atoms with Crippen molar-refractivity contribution >= 4 is 11.7 Å². The molecule has 0 unspecified atom stereocenters. The highest BCUT2D eigenvalue weighted by Crippen LogP contribution is 2.29. The first-order chi connectivity index (χ1) is 7.79. The molecular formula is C11H13F3N2O. The average Bonchev–Trinajstić information content (AvgIpc) is 2.15. The van der Waals surface area contributed by atoms with Crippen LogP contribution in [-0.2, 0) is 6.18 Å². The van der Waals surface area contributed by atoms with E-state index in [0.29, 0.717) is 5.69 Å². The molecule has 0 fully saturated rings. The second-order valence-electron chi connectivity index (χ2n) is 3.83. The molecule has 0 aliphatic heterocycles. The van der Waals surface area contributed by atoms with Crippen molar-refractivity contribution in [1.82, 2.24) is 5.32 Å². The highest BCUT2D eigenvalue weighted by atomic mass is 19.4. The third kappa shape index (κ3) is 4.34. The number of urea groups is 1. The molecule has 0 aliphatic rings. The SMILES string of the molecule is CC(C)NC(=O)Nc1ccc(C(F)(F)F)cc1. The molecule has 0 saturated heterocycles. The second kappa shape index (κ2) is 5.07. The lowest BCUT2D eigenvalue weighted by molar-refractivity contribution is -0.137. The van der Waals surface area contributed by atoms with Gasteiger partial charge in [0.2, 0.25) is 0 Å². The van der Waals surface area contributed by atoms with Crippen molar-refractivity contribution in [2.24, 2.45) is 0 Å². The van der Waals surface area contributed by atoms with E-state index in [9.17, 15) is 18.0 Å². The van der Waals surface area contributed by atoms with E-state index < -0.39 is 17.8 Å². The summed E-state index contributed by atoms with van der Waals surface area (Å²) in [5, 5.41) is 5.00. The van der Waals surface area contributed by atoms with Gasteiger partial charge in [0.05, 0.1) is 5.56 Å². The minimum absolute atomic E-state index is 0.0375. The van der Waals surface area contributed by atoms with Crippen LogP contribution in [0, 0.1) is 0 Å². The number of nitrogens with one attached hydrogen (secondary N) is 2. The van der Waals surface area contributed by atoms with Crippen molar-refractivity contribution in [3.63, 3.8) is 0 Å².